The second-order valence-corrected chi connectivity index (χ2v) is 5.65. The summed E-state index contributed by atoms with van der Waals surface area (Å²) in [5.74, 6) is 0.692. The predicted octanol–water partition coefficient (Wildman–Crippen LogP) is 3.30. The Balaban J connectivity index is 2.10. The van der Waals surface area contributed by atoms with Crippen LogP contribution in [0.25, 0.3) is 0 Å². The van der Waals surface area contributed by atoms with Gasteiger partial charge in [-0.2, -0.15) is 13.2 Å². The zero-order valence-corrected chi connectivity index (χ0v) is 13.3. The van der Waals surface area contributed by atoms with E-state index in [1.807, 2.05) is 4.90 Å². The van der Waals surface area contributed by atoms with E-state index in [0.717, 1.165) is 19.2 Å². The molecule has 24 heavy (non-hydrogen) atoms. The molecule has 0 radical (unpaired) electrons. The van der Waals surface area contributed by atoms with Crippen LogP contribution in [-0.4, -0.2) is 38.2 Å². The van der Waals surface area contributed by atoms with Crippen LogP contribution in [0.4, 0.5) is 13.2 Å². The average Bonchev–Trinajstić information content (AvgIpc) is 3.09. The van der Waals surface area contributed by atoms with E-state index in [4.69, 9.17) is 9.15 Å². The molecule has 1 fully saturated rings. The number of nitrogens with one attached hydrogen (secondary N) is 1. The molecule has 1 aliphatic heterocycles. The molecule has 2 aromatic rings. The van der Waals surface area contributed by atoms with Crippen molar-refractivity contribution in [3.63, 3.8) is 0 Å². The van der Waals surface area contributed by atoms with Crippen molar-refractivity contribution in [3.8, 4) is 5.75 Å². The summed E-state index contributed by atoms with van der Waals surface area (Å²) < 4.78 is 51.3. The van der Waals surface area contributed by atoms with Gasteiger partial charge in [0.15, 0.2) is 0 Å². The minimum absolute atomic E-state index is 0.181. The van der Waals surface area contributed by atoms with Gasteiger partial charge < -0.3 is 14.5 Å². The third-order valence-electron chi connectivity index (χ3n) is 4.19. The van der Waals surface area contributed by atoms with Crippen LogP contribution in [0.15, 0.2) is 41.0 Å². The molecule has 0 aliphatic carbocycles. The Morgan fingerprint density at radius 2 is 1.96 bits per heavy atom. The molecule has 0 bridgehead atoms. The molecule has 1 aromatic carbocycles. The van der Waals surface area contributed by atoms with Gasteiger partial charge in [0.2, 0.25) is 0 Å². The molecule has 0 unspecified atom stereocenters. The minimum Gasteiger partial charge on any atom is -0.497 e. The summed E-state index contributed by atoms with van der Waals surface area (Å²) in [5, 5.41) is 3.21. The standard InChI is InChI=1S/C17H19F3N2O2/c1-23-12-4-5-13(14(11-12)17(18,19)20)16(15-3-2-10-24-15)22-8-6-21-7-9-22/h2-5,10-11,16,21H,6-9H2,1H3/t16-/m1/s1. The summed E-state index contributed by atoms with van der Waals surface area (Å²) in [5.41, 5.74) is -0.512. The van der Waals surface area contributed by atoms with Crippen molar-refractivity contribution in [2.24, 2.45) is 0 Å². The van der Waals surface area contributed by atoms with Gasteiger partial charge in [0, 0.05) is 26.2 Å². The predicted molar refractivity (Wildman–Crippen MR) is 83.0 cm³/mol. The van der Waals surface area contributed by atoms with Gasteiger partial charge in [0.05, 0.1) is 25.0 Å². The molecule has 0 saturated carbocycles. The highest BCUT2D eigenvalue weighted by Crippen LogP contribution is 2.40. The van der Waals surface area contributed by atoms with Crippen LogP contribution in [-0.2, 0) is 6.18 Å². The van der Waals surface area contributed by atoms with Crippen LogP contribution in [0.3, 0.4) is 0 Å². The third kappa shape index (κ3) is 3.42. The molecule has 2 heterocycles. The van der Waals surface area contributed by atoms with Crippen LogP contribution < -0.4 is 10.1 Å². The number of alkyl halides is 3. The first-order valence-corrected chi connectivity index (χ1v) is 7.74. The zero-order valence-electron chi connectivity index (χ0n) is 13.3. The molecule has 1 saturated heterocycles. The number of methoxy groups -OCH3 is 1. The highest BCUT2D eigenvalue weighted by molar-refractivity contribution is 5.42. The van der Waals surface area contributed by atoms with Gasteiger partial charge in [-0.25, -0.2) is 0 Å². The maximum Gasteiger partial charge on any atom is 0.416 e. The normalized spacial score (nSPS) is 17.7. The summed E-state index contributed by atoms with van der Waals surface area (Å²) in [6.07, 6.45) is -2.98. The quantitative estimate of drug-likeness (QED) is 0.927. The minimum atomic E-state index is -4.47. The van der Waals surface area contributed by atoms with Crippen molar-refractivity contribution < 1.29 is 22.3 Å². The van der Waals surface area contributed by atoms with Crippen molar-refractivity contribution in [1.29, 1.82) is 0 Å². The van der Waals surface area contributed by atoms with Crippen LogP contribution in [0.2, 0.25) is 0 Å². The first-order chi connectivity index (χ1) is 11.5. The lowest BCUT2D eigenvalue weighted by molar-refractivity contribution is -0.138. The van der Waals surface area contributed by atoms with Gasteiger partial charge in [-0.15, -0.1) is 0 Å². The summed E-state index contributed by atoms with van der Waals surface area (Å²) >= 11 is 0. The number of hydrogen-bond donors (Lipinski definition) is 1. The number of furan rings is 1. The van der Waals surface area contributed by atoms with Crippen molar-refractivity contribution in [3.05, 3.63) is 53.5 Å². The molecule has 0 amide bonds. The molecule has 1 N–H and O–H groups in total. The molecule has 1 atom stereocenters. The lowest BCUT2D eigenvalue weighted by Crippen LogP contribution is -2.45. The molecule has 0 spiro atoms. The van der Waals surface area contributed by atoms with E-state index in [1.54, 1.807) is 18.2 Å². The van der Waals surface area contributed by atoms with E-state index in [9.17, 15) is 13.2 Å². The molecule has 130 valence electrons. The topological polar surface area (TPSA) is 37.6 Å². The molecule has 4 nitrogen and oxygen atoms in total. The first-order valence-electron chi connectivity index (χ1n) is 7.74. The van der Waals surface area contributed by atoms with Crippen molar-refractivity contribution in [1.82, 2.24) is 10.2 Å². The maximum absolute atomic E-state index is 13.6. The van der Waals surface area contributed by atoms with Gasteiger partial charge in [0.1, 0.15) is 11.5 Å². The fourth-order valence-electron chi connectivity index (χ4n) is 3.06. The fourth-order valence-corrected chi connectivity index (χ4v) is 3.06. The molecule has 1 aliphatic rings. The summed E-state index contributed by atoms with van der Waals surface area (Å²) in [6.45, 7) is 2.76. The second-order valence-electron chi connectivity index (χ2n) is 5.65. The number of nitrogens with zero attached hydrogens (tertiary/aromatic N) is 1. The SMILES string of the molecule is COc1ccc([C@H](c2ccco2)N2CCNCC2)c(C(F)(F)F)c1. The van der Waals surface area contributed by atoms with Crippen molar-refractivity contribution in [2.45, 2.75) is 12.2 Å². The second kappa shape index (κ2) is 6.86. The average molecular weight is 340 g/mol. The highest BCUT2D eigenvalue weighted by atomic mass is 19.4. The molecule has 7 heteroatoms. The van der Waals surface area contributed by atoms with Gasteiger partial charge >= 0.3 is 6.18 Å². The van der Waals surface area contributed by atoms with E-state index in [-0.39, 0.29) is 11.3 Å². The molecule has 1 aromatic heterocycles. The lowest BCUT2D eigenvalue weighted by Gasteiger charge is -2.35. The summed E-state index contributed by atoms with van der Waals surface area (Å²) in [4.78, 5) is 2.01. The number of rotatable bonds is 4. The fraction of sp³-hybridized carbons (Fsp3) is 0.412. The Morgan fingerprint density at radius 3 is 2.54 bits per heavy atom. The lowest BCUT2D eigenvalue weighted by atomic mass is 9.95. The number of halogens is 3. The van der Waals surface area contributed by atoms with Gasteiger partial charge in [-0.3, -0.25) is 4.90 Å². The Hall–Kier alpha value is -1.99. The van der Waals surface area contributed by atoms with E-state index >= 15 is 0 Å². The van der Waals surface area contributed by atoms with Crippen LogP contribution >= 0.6 is 0 Å². The van der Waals surface area contributed by atoms with Gasteiger partial charge in [-0.1, -0.05) is 6.07 Å². The van der Waals surface area contributed by atoms with Crippen molar-refractivity contribution >= 4 is 0 Å². The van der Waals surface area contributed by atoms with Crippen LogP contribution in [0.1, 0.15) is 22.9 Å². The number of ether oxygens (including phenoxy) is 1. The molecule has 3 rings (SSSR count). The van der Waals surface area contributed by atoms with E-state index in [2.05, 4.69) is 5.32 Å². The summed E-state index contributed by atoms with van der Waals surface area (Å²) in [7, 11) is 1.36. The Morgan fingerprint density at radius 1 is 1.21 bits per heavy atom. The maximum atomic E-state index is 13.6. The van der Waals surface area contributed by atoms with E-state index < -0.39 is 17.8 Å². The van der Waals surface area contributed by atoms with Crippen LogP contribution in [0.5, 0.6) is 5.75 Å². The van der Waals surface area contributed by atoms with Gasteiger partial charge in [0.25, 0.3) is 0 Å². The number of hydrogen-bond acceptors (Lipinski definition) is 4. The Bertz CT molecular complexity index is 665. The molecular weight excluding hydrogens is 321 g/mol. The van der Waals surface area contributed by atoms with E-state index in [0.29, 0.717) is 18.8 Å². The number of piperazine rings is 1. The summed E-state index contributed by atoms with van der Waals surface area (Å²) in [6, 6.07) is 6.93. The largest absolute Gasteiger partial charge is 0.497 e. The Kier molecular flexibility index (Phi) is 4.82. The van der Waals surface area contributed by atoms with Crippen molar-refractivity contribution in [2.75, 3.05) is 33.3 Å². The Labute approximate surface area is 138 Å². The highest BCUT2D eigenvalue weighted by Gasteiger charge is 2.38. The monoisotopic (exact) mass is 340 g/mol. The first kappa shape index (κ1) is 16.9. The molecular formula is C17H19F3N2O2. The van der Waals surface area contributed by atoms with Crippen LogP contribution in [0, 0.1) is 0 Å². The smallest absolute Gasteiger partial charge is 0.416 e. The third-order valence-corrected chi connectivity index (χ3v) is 4.19. The number of benzene rings is 1. The van der Waals surface area contributed by atoms with Gasteiger partial charge in [-0.05, 0) is 29.8 Å². The zero-order chi connectivity index (χ0) is 17.2. The van der Waals surface area contributed by atoms with E-state index in [1.165, 1.54) is 19.4 Å².